The van der Waals surface area contributed by atoms with Crippen LogP contribution < -0.4 is 0 Å². The van der Waals surface area contributed by atoms with Crippen LogP contribution in [-0.2, 0) is 0 Å². The van der Waals surface area contributed by atoms with Crippen molar-refractivity contribution in [2.75, 3.05) is 0 Å². The van der Waals surface area contributed by atoms with Crippen molar-refractivity contribution in [2.24, 2.45) is 0 Å². The highest BCUT2D eigenvalue weighted by molar-refractivity contribution is 7.29. The highest BCUT2D eigenvalue weighted by Gasteiger charge is 2.19. The minimum absolute atomic E-state index is 1.26. The third-order valence-corrected chi connectivity index (χ3v) is 12.5. The van der Waals surface area contributed by atoms with Crippen LogP contribution >= 0.6 is 22.7 Å². The fourth-order valence-corrected chi connectivity index (χ4v) is 10.6. The Hall–Kier alpha value is -5.54. The van der Waals surface area contributed by atoms with Crippen molar-refractivity contribution >= 4 is 106 Å². The Kier molecular flexibility index (Phi) is 5.51. The zero-order valence-electron chi connectivity index (χ0n) is 25.8. The van der Waals surface area contributed by atoms with E-state index >= 15 is 0 Å². The van der Waals surface area contributed by atoms with E-state index in [1.165, 1.54) is 106 Å². The van der Waals surface area contributed by atoms with Crippen molar-refractivity contribution in [3.05, 3.63) is 158 Å². The molecule has 0 atom stereocenters. The second-order valence-electron chi connectivity index (χ2n) is 12.8. The Balaban J connectivity index is 1.20. The molecule has 0 spiro atoms. The first-order valence-electron chi connectivity index (χ1n) is 16.4. The quantitative estimate of drug-likeness (QED) is 0.165. The largest absolute Gasteiger partial charge is 0.135 e. The van der Waals surface area contributed by atoms with Crippen LogP contribution in [0.5, 0.6) is 0 Å². The first kappa shape index (κ1) is 26.5. The van der Waals surface area contributed by atoms with Crippen molar-refractivity contribution in [3.63, 3.8) is 0 Å². The third-order valence-electron chi connectivity index (χ3n) is 10.2. The number of thiophene rings is 2. The van der Waals surface area contributed by atoms with E-state index < -0.39 is 0 Å². The summed E-state index contributed by atoms with van der Waals surface area (Å²) in [5.41, 5.74) is 5.16. The molecule has 2 aromatic heterocycles. The van der Waals surface area contributed by atoms with E-state index in [9.17, 15) is 0 Å². The van der Waals surface area contributed by atoms with Gasteiger partial charge in [0.05, 0.1) is 0 Å². The second-order valence-corrected chi connectivity index (χ2v) is 14.9. The van der Waals surface area contributed by atoms with E-state index in [2.05, 4.69) is 158 Å². The lowest BCUT2D eigenvalue weighted by molar-refractivity contribution is 1.69. The lowest BCUT2D eigenvalue weighted by Gasteiger charge is -2.19. The molecule has 48 heavy (non-hydrogen) atoms. The zero-order valence-corrected chi connectivity index (χ0v) is 27.5. The van der Waals surface area contributed by atoms with E-state index in [0.29, 0.717) is 0 Å². The van der Waals surface area contributed by atoms with Gasteiger partial charge in [-0.2, -0.15) is 0 Å². The van der Waals surface area contributed by atoms with Crippen LogP contribution in [0, 0.1) is 0 Å². The third kappa shape index (κ3) is 3.70. The molecular formula is C46H26S2. The number of benzene rings is 9. The van der Waals surface area contributed by atoms with Gasteiger partial charge in [-0.1, -0.05) is 127 Å². The maximum absolute atomic E-state index is 2.45. The Labute approximate surface area is 284 Å². The van der Waals surface area contributed by atoms with Gasteiger partial charge in [-0.25, -0.2) is 0 Å². The van der Waals surface area contributed by atoms with Gasteiger partial charge < -0.3 is 0 Å². The van der Waals surface area contributed by atoms with Gasteiger partial charge in [-0.05, 0) is 95.7 Å². The highest BCUT2D eigenvalue weighted by atomic mass is 32.1. The average molecular weight is 643 g/mol. The summed E-state index contributed by atoms with van der Waals surface area (Å²) in [6.07, 6.45) is 0. The summed E-state index contributed by atoms with van der Waals surface area (Å²) in [7, 11) is 0. The molecule has 0 bridgehead atoms. The molecule has 0 radical (unpaired) electrons. The minimum Gasteiger partial charge on any atom is -0.135 e. The van der Waals surface area contributed by atoms with Crippen LogP contribution in [0.25, 0.3) is 106 Å². The van der Waals surface area contributed by atoms with Gasteiger partial charge in [0.15, 0.2) is 0 Å². The summed E-state index contributed by atoms with van der Waals surface area (Å²) in [6.45, 7) is 0. The fourth-order valence-electron chi connectivity index (χ4n) is 8.11. The van der Waals surface area contributed by atoms with Gasteiger partial charge >= 0.3 is 0 Å². The summed E-state index contributed by atoms with van der Waals surface area (Å²) in [4.78, 5) is 0. The van der Waals surface area contributed by atoms with E-state index in [0.717, 1.165) is 0 Å². The monoisotopic (exact) mass is 642 g/mol. The molecule has 0 aliphatic heterocycles. The molecule has 2 heteroatoms. The van der Waals surface area contributed by atoms with Crippen LogP contribution in [0.3, 0.4) is 0 Å². The minimum atomic E-state index is 1.26. The van der Waals surface area contributed by atoms with Crippen molar-refractivity contribution < 1.29 is 0 Å². The molecule has 0 unspecified atom stereocenters. The topological polar surface area (TPSA) is 0 Å². The van der Waals surface area contributed by atoms with E-state index in [1.807, 2.05) is 22.7 Å². The van der Waals surface area contributed by atoms with Crippen LogP contribution in [0.1, 0.15) is 0 Å². The van der Waals surface area contributed by atoms with Crippen LogP contribution in [-0.4, -0.2) is 0 Å². The van der Waals surface area contributed by atoms with Gasteiger partial charge in [-0.3, -0.25) is 0 Å². The summed E-state index contributed by atoms with van der Waals surface area (Å²) < 4.78 is 5.45. The molecule has 11 aromatic rings. The standard InChI is InChI=1S/C46H26S2/c1-2-12-29-26-42-39(24-28(29)11-1)45-41(47-42)23-21-37-38-25-30(20-22-40(38)48-46(37)45)43-33-15-5-7-17-35(33)44(36-18-8-6-16-34(36)43)32-19-9-13-27-10-3-4-14-31(27)32/h1-26H. The number of hydrogen-bond donors (Lipinski definition) is 0. The SMILES string of the molecule is c1ccc2cc3c(cc2c1)sc1ccc2c4cc(-c5c6ccccc6c(-c6cccc7ccccc67)c6ccccc56)ccc4sc2c13. The van der Waals surface area contributed by atoms with Gasteiger partial charge in [0.2, 0.25) is 0 Å². The van der Waals surface area contributed by atoms with Crippen molar-refractivity contribution in [2.45, 2.75) is 0 Å². The molecular weight excluding hydrogens is 617 g/mol. The van der Waals surface area contributed by atoms with Gasteiger partial charge in [0.25, 0.3) is 0 Å². The molecule has 0 aliphatic carbocycles. The van der Waals surface area contributed by atoms with Crippen LogP contribution in [0.4, 0.5) is 0 Å². The number of hydrogen-bond acceptors (Lipinski definition) is 2. The van der Waals surface area contributed by atoms with E-state index in [1.54, 1.807) is 0 Å². The Bertz CT molecular complexity index is 3060. The van der Waals surface area contributed by atoms with Crippen molar-refractivity contribution in [3.8, 4) is 22.3 Å². The molecule has 0 nitrogen and oxygen atoms in total. The summed E-state index contributed by atoms with van der Waals surface area (Å²) in [5.74, 6) is 0. The van der Waals surface area contributed by atoms with Crippen molar-refractivity contribution in [1.29, 1.82) is 0 Å². The molecule has 0 saturated carbocycles. The summed E-state index contributed by atoms with van der Waals surface area (Å²) in [5, 5.41) is 15.8. The molecule has 11 rings (SSSR count). The predicted molar refractivity (Wildman–Crippen MR) is 213 cm³/mol. The average Bonchev–Trinajstić information content (AvgIpc) is 3.70. The van der Waals surface area contributed by atoms with Crippen LogP contribution in [0.15, 0.2) is 158 Å². The molecule has 0 amide bonds. The molecule has 222 valence electrons. The smallest absolute Gasteiger partial charge is 0.0448 e. The van der Waals surface area contributed by atoms with Gasteiger partial charge in [0.1, 0.15) is 0 Å². The maximum Gasteiger partial charge on any atom is 0.0448 e. The first-order valence-corrected chi connectivity index (χ1v) is 18.1. The Morgan fingerprint density at radius 1 is 0.312 bits per heavy atom. The van der Waals surface area contributed by atoms with Gasteiger partial charge in [0, 0.05) is 40.3 Å². The Morgan fingerprint density at radius 3 is 1.67 bits per heavy atom. The van der Waals surface area contributed by atoms with E-state index in [4.69, 9.17) is 0 Å². The highest BCUT2D eigenvalue weighted by Crippen LogP contribution is 2.48. The van der Waals surface area contributed by atoms with Gasteiger partial charge in [-0.15, -0.1) is 22.7 Å². The fraction of sp³-hybridized carbons (Fsp3) is 0. The molecule has 9 aromatic carbocycles. The second kappa shape index (κ2) is 9.98. The predicted octanol–water partition coefficient (Wildman–Crippen LogP) is 14.4. The lowest BCUT2D eigenvalue weighted by Crippen LogP contribution is -1.91. The number of rotatable bonds is 2. The normalized spacial score (nSPS) is 12.2. The number of fused-ring (bicyclic) bond motifs is 11. The molecule has 0 saturated heterocycles. The maximum atomic E-state index is 2.45. The molecule has 0 N–H and O–H groups in total. The lowest BCUT2D eigenvalue weighted by atomic mass is 9.84. The summed E-state index contributed by atoms with van der Waals surface area (Å²) in [6, 6.07) is 58.8. The Morgan fingerprint density at radius 2 is 0.917 bits per heavy atom. The first-order chi connectivity index (χ1) is 23.8. The summed E-state index contributed by atoms with van der Waals surface area (Å²) >= 11 is 3.85. The van der Waals surface area contributed by atoms with Crippen LogP contribution in [0.2, 0.25) is 0 Å². The zero-order chi connectivity index (χ0) is 31.3. The van der Waals surface area contributed by atoms with E-state index in [-0.39, 0.29) is 0 Å². The molecule has 0 aliphatic rings. The molecule has 2 heterocycles. The van der Waals surface area contributed by atoms with Crippen molar-refractivity contribution in [1.82, 2.24) is 0 Å². The molecule has 0 fully saturated rings.